The van der Waals surface area contributed by atoms with Crippen molar-refractivity contribution < 1.29 is 18.3 Å². The minimum atomic E-state index is -1.09. The predicted octanol–water partition coefficient (Wildman–Crippen LogP) is 1.07. The number of fused-ring (bicyclic) bond motifs is 1. The predicted molar refractivity (Wildman–Crippen MR) is 56.1 cm³/mol. The molecule has 0 atom stereocenters. The number of rotatable bonds is 2. The van der Waals surface area contributed by atoms with Gasteiger partial charge in [0, 0.05) is 0 Å². The number of nitrogens with zero attached hydrogens (tertiary/aromatic N) is 2. The van der Waals surface area contributed by atoms with Gasteiger partial charge in [-0.3, -0.25) is 9.36 Å². The Bertz CT molecular complexity index is 595. The van der Waals surface area contributed by atoms with Crippen LogP contribution in [-0.2, 0) is 16.1 Å². The number of carbonyl (C=O) groups is 1. The third kappa shape index (κ3) is 1.79. The summed E-state index contributed by atoms with van der Waals surface area (Å²) in [6.45, 7) is -0.320. The Kier molecular flexibility index (Phi) is 2.66. The molecule has 1 aromatic heterocycles. The number of anilines is 1. The Morgan fingerprint density at radius 3 is 2.88 bits per heavy atom. The zero-order valence-corrected chi connectivity index (χ0v) is 8.91. The van der Waals surface area contributed by atoms with Crippen molar-refractivity contribution in [2.75, 3.05) is 12.8 Å². The highest BCUT2D eigenvalue weighted by molar-refractivity contribution is 5.81. The monoisotopic (exact) mass is 241 g/mol. The van der Waals surface area contributed by atoms with Gasteiger partial charge in [-0.2, -0.15) is 0 Å². The second-order valence-corrected chi connectivity index (χ2v) is 3.36. The number of halogens is 2. The molecule has 0 fully saturated rings. The van der Waals surface area contributed by atoms with Crippen LogP contribution < -0.4 is 5.73 Å². The van der Waals surface area contributed by atoms with E-state index >= 15 is 0 Å². The van der Waals surface area contributed by atoms with Crippen LogP contribution >= 0.6 is 0 Å². The van der Waals surface area contributed by atoms with Crippen molar-refractivity contribution in [2.24, 2.45) is 0 Å². The van der Waals surface area contributed by atoms with Gasteiger partial charge in [0.2, 0.25) is 5.95 Å². The average Bonchev–Trinajstić information content (AvgIpc) is 2.61. The summed E-state index contributed by atoms with van der Waals surface area (Å²) in [5, 5.41) is 0. The molecule has 1 aromatic carbocycles. The van der Waals surface area contributed by atoms with Crippen molar-refractivity contribution in [3.05, 3.63) is 23.8 Å². The van der Waals surface area contributed by atoms with E-state index in [0.717, 1.165) is 10.6 Å². The Morgan fingerprint density at radius 1 is 1.53 bits per heavy atom. The maximum absolute atomic E-state index is 13.6. The highest BCUT2D eigenvalue weighted by Gasteiger charge is 2.17. The van der Waals surface area contributed by atoms with Gasteiger partial charge < -0.3 is 10.5 Å². The summed E-state index contributed by atoms with van der Waals surface area (Å²) >= 11 is 0. The molecule has 2 N–H and O–H groups in total. The minimum Gasteiger partial charge on any atom is -0.468 e. The van der Waals surface area contributed by atoms with E-state index in [1.807, 2.05) is 0 Å². The number of benzene rings is 1. The molecule has 17 heavy (non-hydrogen) atoms. The van der Waals surface area contributed by atoms with E-state index in [0.29, 0.717) is 0 Å². The molecule has 2 rings (SSSR count). The van der Waals surface area contributed by atoms with Crippen LogP contribution in [0.3, 0.4) is 0 Å². The second kappa shape index (κ2) is 4.00. The maximum Gasteiger partial charge on any atom is 0.325 e. The second-order valence-electron chi connectivity index (χ2n) is 3.36. The van der Waals surface area contributed by atoms with Gasteiger partial charge in [0.15, 0.2) is 11.6 Å². The fourth-order valence-corrected chi connectivity index (χ4v) is 1.53. The number of nitrogens with two attached hydrogens (primary N) is 1. The Hall–Kier alpha value is -2.18. The number of hydrogen-bond acceptors (Lipinski definition) is 4. The lowest BCUT2D eigenvalue weighted by Crippen LogP contribution is -2.14. The van der Waals surface area contributed by atoms with Crippen LogP contribution in [0.25, 0.3) is 11.0 Å². The van der Waals surface area contributed by atoms with E-state index in [4.69, 9.17) is 5.73 Å². The highest BCUT2D eigenvalue weighted by atomic mass is 19.2. The summed E-state index contributed by atoms with van der Waals surface area (Å²) in [5.41, 5.74) is 5.57. The molecule has 0 bridgehead atoms. The van der Waals surface area contributed by atoms with Crippen LogP contribution in [0.5, 0.6) is 0 Å². The summed E-state index contributed by atoms with van der Waals surface area (Å²) in [4.78, 5) is 15.0. The van der Waals surface area contributed by atoms with Gasteiger partial charge in [0.05, 0.1) is 12.6 Å². The van der Waals surface area contributed by atoms with Crippen molar-refractivity contribution in [2.45, 2.75) is 6.54 Å². The highest BCUT2D eigenvalue weighted by Crippen LogP contribution is 2.22. The first kappa shape index (κ1) is 11.3. The van der Waals surface area contributed by atoms with Crippen molar-refractivity contribution in [1.82, 2.24) is 9.55 Å². The number of aromatic nitrogens is 2. The number of nitrogen functional groups attached to an aromatic ring is 1. The summed E-state index contributed by atoms with van der Waals surface area (Å²) in [5.74, 6) is -2.81. The molecule has 0 aliphatic rings. The number of hydrogen-bond donors (Lipinski definition) is 1. The summed E-state index contributed by atoms with van der Waals surface area (Å²) in [6.07, 6.45) is 0. The molecule has 0 radical (unpaired) electrons. The fourth-order valence-electron chi connectivity index (χ4n) is 1.53. The number of carbonyl (C=O) groups excluding carboxylic acids is 1. The molecule has 1 heterocycles. The van der Waals surface area contributed by atoms with Gasteiger partial charge in [0.25, 0.3) is 0 Å². The number of imidazole rings is 1. The van der Waals surface area contributed by atoms with E-state index < -0.39 is 17.6 Å². The van der Waals surface area contributed by atoms with Crippen molar-refractivity contribution >= 4 is 23.0 Å². The van der Waals surface area contributed by atoms with Crippen LogP contribution in [0.1, 0.15) is 0 Å². The normalized spacial score (nSPS) is 10.8. The largest absolute Gasteiger partial charge is 0.468 e. The molecule has 7 heteroatoms. The standard InChI is InChI=1S/C10H9F2N3O2/c1-17-7(16)4-15-9-6(14-10(15)13)3-2-5(11)8(9)12/h2-3H,4H2,1H3,(H2,13,14). The zero-order valence-electron chi connectivity index (χ0n) is 8.91. The number of esters is 1. The van der Waals surface area contributed by atoms with Crippen LogP contribution in [-0.4, -0.2) is 22.6 Å². The summed E-state index contributed by atoms with van der Waals surface area (Å²) < 4.78 is 32.2. The molecule has 90 valence electrons. The van der Waals surface area contributed by atoms with Gasteiger partial charge in [-0.25, -0.2) is 13.8 Å². The van der Waals surface area contributed by atoms with Gasteiger partial charge in [-0.05, 0) is 12.1 Å². The van der Waals surface area contributed by atoms with Gasteiger partial charge >= 0.3 is 5.97 Å². The molecule has 5 nitrogen and oxygen atoms in total. The maximum atomic E-state index is 13.6. The molecule has 2 aromatic rings. The lowest BCUT2D eigenvalue weighted by Gasteiger charge is -2.05. The van der Waals surface area contributed by atoms with Crippen molar-refractivity contribution in [3.8, 4) is 0 Å². The van der Waals surface area contributed by atoms with E-state index in [-0.39, 0.29) is 23.5 Å². The van der Waals surface area contributed by atoms with Crippen LogP contribution in [0.4, 0.5) is 14.7 Å². The third-order valence-corrected chi connectivity index (χ3v) is 2.34. The number of methoxy groups -OCH3 is 1. The van der Waals surface area contributed by atoms with E-state index in [1.54, 1.807) is 0 Å². The Balaban J connectivity index is 2.65. The molecular weight excluding hydrogens is 232 g/mol. The zero-order chi connectivity index (χ0) is 12.6. The molecule has 0 aliphatic heterocycles. The van der Waals surface area contributed by atoms with Gasteiger partial charge in [0.1, 0.15) is 12.1 Å². The first-order valence-corrected chi connectivity index (χ1v) is 4.71. The minimum absolute atomic E-state index is 0.0742. The molecule has 0 amide bonds. The third-order valence-electron chi connectivity index (χ3n) is 2.34. The quantitative estimate of drug-likeness (QED) is 0.798. The lowest BCUT2D eigenvalue weighted by atomic mass is 10.3. The van der Waals surface area contributed by atoms with Crippen molar-refractivity contribution in [3.63, 3.8) is 0 Å². The van der Waals surface area contributed by atoms with E-state index in [1.165, 1.54) is 13.2 Å². The van der Waals surface area contributed by atoms with E-state index in [2.05, 4.69) is 9.72 Å². The first-order chi connectivity index (χ1) is 8.04. The SMILES string of the molecule is COC(=O)Cn1c(N)nc2ccc(F)c(F)c21. The van der Waals surface area contributed by atoms with Gasteiger partial charge in [-0.1, -0.05) is 0 Å². The van der Waals surface area contributed by atoms with Gasteiger partial charge in [-0.15, -0.1) is 0 Å². The topological polar surface area (TPSA) is 70.1 Å². The molecule has 0 saturated carbocycles. The molecular formula is C10H9F2N3O2. The lowest BCUT2D eigenvalue weighted by molar-refractivity contribution is -0.141. The average molecular weight is 241 g/mol. The molecule has 0 saturated heterocycles. The fraction of sp³-hybridized carbons (Fsp3) is 0.200. The smallest absolute Gasteiger partial charge is 0.325 e. The first-order valence-electron chi connectivity index (χ1n) is 4.71. The molecule has 0 spiro atoms. The summed E-state index contributed by atoms with van der Waals surface area (Å²) in [6, 6.07) is 2.24. The molecule has 0 aliphatic carbocycles. The van der Waals surface area contributed by atoms with Crippen LogP contribution in [0.15, 0.2) is 12.1 Å². The van der Waals surface area contributed by atoms with Crippen LogP contribution in [0.2, 0.25) is 0 Å². The summed E-state index contributed by atoms with van der Waals surface area (Å²) in [7, 11) is 1.19. The van der Waals surface area contributed by atoms with Crippen molar-refractivity contribution in [1.29, 1.82) is 0 Å². The Morgan fingerprint density at radius 2 is 2.24 bits per heavy atom. The van der Waals surface area contributed by atoms with E-state index in [9.17, 15) is 13.6 Å². The Labute approximate surface area is 94.8 Å². The molecule has 0 unspecified atom stereocenters. The number of ether oxygens (including phenoxy) is 1. The van der Waals surface area contributed by atoms with Crippen LogP contribution in [0, 0.1) is 11.6 Å².